The number of carbonyl (C=O) groups excluding carboxylic acids is 1. The van der Waals surface area contributed by atoms with Crippen molar-refractivity contribution < 1.29 is 4.79 Å². The molecule has 1 amide bonds. The number of benzene rings is 3. The van der Waals surface area contributed by atoms with Gasteiger partial charge in [0.05, 0.1) is 6.54 Å². The Morgan fingerprint density at radius 3 is 2.42 bits per heavy atom. The van der Waals surface area contributed by atoms with Gasteiger partial charge in [0.1, 0.15) is 0 Å². The highest BCUT2D eigenvalue weighted by molar-refractivity contribution is 6.02. The highest BCUT2D eigenvalue weighted by atomic mass is 16.2. The molecule has 3 rings (SSSR count). The number of nitrogens with zero attached hydrogens (tertiary/aromatic N) is 1. The molecule has 122 valence electrons. The molecule has 0 atom stereocenters. The number of hydrogen-bond acceptors (Lipinski definition) is 2. The van der Waals surface area contributed by atoms with Gasteiger partial charge >= 0.3 is 0 Å². The van der Waals surface area contributed by atoms with Crippen LogP contribution in [0.4, 0.5) is 5.69 Å². The van der Waals surface area contributed by atoms with Gasteiger partial charge in [0.2, 0.25) is 5.91 Å². The van der Waals surface area contributed by atoms with E-state index in [2.05, 4.69) is 41.4 Å². The Morgan fingerprint density at radius 1 is 0.917 bits per heavy atom. The lowest BCUT2D eigenvalue weighted by atomic mass is 10.1. The molecule has 24 heavy (non-hydrogen) atoms. The van der Waals surface area contributed by atoms with Gasteiger partial charge in [0.15, 0.2) is 0 Å². The molecule has 0 saturated carbocycles. The van der Waals surface area contributed by atoms with Gasteiger partial charge in [0, 0.05) is 17.6 Å². The zero-order valence-electron chi connectivity index (χ0n) is 13.9. The molecule has 0 fully saturated rings. The summed E-state index contributed by atoms with van der Waals surface area (Å²) in [5.74, 6) is 0.0177. The number of rotatable bonds is 6. The Balaban J connectivity index is 1.67. The maximum Gasteiger partial charge on any atom is 0.238 e. The van der Waals surface area contributed by atoms with Gasteiger partial charge in [-0.15, -0.1) is 0 Å². The van der Waals surface area contributed by atoms with E-state index in [9.17, 15) is 4.79 Å². The zero-order valence-corrected chi connectivity index (χ0v) is 13.9. The van der Waals surface area contributed by atoms with Gasteiger partial charge in [-0.1, -0.05) is 73.7 Å². The zero-order chi connectivity index (χ0) is 16.8. The Labute approximate surface area is 142 Å². The lowest BCUT2D eigenvalue weighted by Gasteiger charge is -2.20. The fraction of sp³-hybridized carbons (Fsp3) is 0.190. The molecule has 0 aliphatic heterocycles. The number of amides is 1. The molecule has 0 unspecified atom stereocenters. The third-order valence-electron chi connectivity index (χ3n) is 4.13. The van der Waals surface area contributed by atoms with Crippen molar-refractivity contribution in [2.24, 2.45) is 0 Å². The van der Waals surface area contributed by atoms with Gasteiger partial charge in [-0.3, -0.25) is 9.69 Å². The molecule has 0 aromatic heterocycles. The van der Waals surface area contributed by atoms with Gasteiger partial charge < -0.3 is 5.32 Å². The van der Waals surface area contributed by atoms with Gasteiger partial charge in [0.25, 0.3) is 0 Å². The van der Waals surface area contributed by atoms with Crippen LogP contribution in [-0.2, 0) is 11.3 Å². The summed E-state index contributed by atoms with van der Waals surface area (Å²) in [7, 11) is 0. The van der Waals surface area contributed by atoms with Crippen molar-refractivity contribution in [3.8, 4) is 0 Å². The Hall–Kier alpha value is -2.65. The summed E-state index contributed by atoms with van der Waals surface area (Å²) < 4.78 is 0. The van der Waals surface area contributed by atoms with E-state index in [0.717, 1.165) is 29.5 Å². The van der Waals surface area contributed by atoms with Crippen LogP contribution < -0.4 is 5.32 Å². The maximum atomic E-state index is 12.5. The Morgan fingerprint density at radius 2 is 1.62 bits per heavy atom. The van der Waals surface area contributed by atoms with E-state index >= 15 is 0 Å². The van der Waals surface area contributed by atoms with Gasteiger partial charge in [-0.05, 0) is 23.6 Å². The lowest BCUT2D eigenvalue weighted by molar-refractivity contribution is -0.117. The van der Waals surface area contributed by atoms with E-state index in [1.54, 1.807) is 0 Å². The molecule has 0 spiro atoms. The van der Waals surface area contributed by atoms with E-state index in [1.165, 1.54) is 5.56 Å². The highest BCUT2D eigenvalue weighted by Crippen LogP contribution is 2.22. The smallest absolute Gasteiger partial charge is 0.238 e. The monoisotopic (exact) mass is 318 g/mol. The lowest BCUT2D eigenvalue weighted by Crippen LogP contribution is -2.32. The first-order chi connectivity index (χ1) is 11.8. The maximum absolute atomic E-state index is 12.5. The number of carbonyl (C=O) groups is 1. The first-order valence-corrected chi connectivity index (χ1v) is 8.30. The Bertz CT molecular complexity index is 809. The summed E-state index contributed by atoms with van der Waals surface area (Å²) in [6.45, 7) is 4.07. The van der Waals surface area contributed by atoms with Crippen molar-refractivity contribution >= 4 is 22.4 Å². The van der Waals surface area contributed by atoms with Crippen LogP contribution in [0.25, 0.3) is 10.8 Å². The molecule has 0 radical (unpaired) electrons. The van der Waals surface area contributed by atoms with Crippen molar-refractivity contribution in [2.45, 2.75) is 13.5 Å². The second kappa shape index (κ2) is 7.75. The van der Waals surface area contributed by atoms with Crippen LogP contribution in [0.2, 0.25) is 0 Å². The van der Waals surface area contributed by atoms with Crippen LogP contribution in [0.1, 0.15) is 12.5 Å². The van der Waals surface area contributed by atoms with E-state index in [1.807, 2.05) is 48.5 Å². The minimum absolute atomic E-state index is 0.0177. The van der Waals surface area contributed by atoms with Crippen LogP contribution in [0.3, 0.4) is 0 Å². The van der Waals surface area contributed by atoms with Crippen LogP contribution in [0.15, 0.2) is 72.8 Å². The summed E-state index contributed by atoms with van der Waals surface area (Å²) in [4.78, 5) is 14.6. The summed E-state index contributed by atoms with van der Waals surface area (Å²) in [5, 5.41) is 5.26. The summed E-state index contributed by atoms with van der Waals surface area (Å²) >= 11 is 0. The number of fused-ring (bicyclic) bond motifs is 1. The van der Waals surface area contributed by atoms with Crippen LogP contribution in [0.5, 0.6) is 0 Å². The molecular weight excluding hydrogens is 296 g/mol. The molecule has 0 aliphatic rings. The van der Waals surface area contributed by atoms with E-state index in [0.29, 0.717) is 6.54 Å². The van der Waals surface area contributed by atoms with Gasteiger partial charge in [-0.25, -0.2) is 0 Å². The fourth-order valence-corrected chi connectivity index (χ4v) is 2.85. The quantitative estimate of drug-likeness (QED) is 0.735. The first kappa shape index (κ1) is 16.2. The normalized spacial score (nSPS) is 10.9. The van der Waals surface area contributed by atoms with Gasteiger partial charge in [-0.2, -0.15) is 0 Å². The van der Waals surface area contributed by atoms with Crippen LogP contribution >= 0.6 is 0 Å². The minimum atomic E-state index is 0.0177. The molecule has 0 aliphatic carbocycles. The molecule has 3 heteroatoms. The molecular formula is C21H22N2O. The second-order valence-electron chi connectivity index (χ2n) is 5.86. The van der Waals surface area contributed by atoms with E-state index in [4.69, 9.17) is 0 Å². The Kier molecular flexibility index (Phi) is 5.24. The minimum Gasteiger partial charge on any atom is -0.324 e. The summed E-state index contributed by atoms with van der Waals surface area (Å²) in [6, 6.07) is 24.3. The molecule has 0 heterocycles. The highest BCUT2D eigenvalue weighted by Gasteiger charge is 2.11. The third-order valence-corrected chi connectivity index (χ3v) is 4.13. The first-order valence-electron chi connectivity index (χ1n) is 8.30. The van der Waals surface area contributed by atoms with Crippen molar-refractivity contribution in [1.29, 1.82) is 0 Å². The summed E-state index contributed by atoms with van der Waals surface area (Å²) in [6.07, 6.45) is 0. The number of anilines is 1. The molecule has 0 saturated heterocycles. The van der Waals surface area contributed by atoms with Crippen molar-refractivity contribution in [2.75, 3.05) is 18.4 Å². The van der Waals surface area contributed by atoms with Crippen LogP contribution in [-0.4, -0.2) is 23.9 Å². The topological polar surface area (TPSA) is 32.3 Å². The fourth-order valence-electron chi connectivity index (χ4n) is 2.85. The van der Waals surface area contributed by atoms with Crippen molar-refractivity contribution in [3.63, 3.8) is 0 Å². The number of hydrogen-bond donors (Lipinski definition) is 1. The number of likely N-dealkylation sites (N-methyl/N-ethyl adjacent to an activating group) is 1. The standard InChI is InChI=1S/C21H22N2O/c1-2-23(15-17-9-4-3-5-10-17)16-21(24)22-20-14-8-12-18-11-6-7-13-19(18)20/h3-14H,2,15-16H2,1H3,(H,22,24). The van der Waals surface area contributed by atoms with Crippen molar-refractivity contribution in [1.82, 2.24) is 4.90 Å². The largest absolute Gasteiger partial charge is 0.324 e. The molecule has 3 aromatic carbocycles. The van der Waals surface area contributed by atoms with E-state index in [-0.39, 0.29) is 5.91 Å². The number of nitrogens with one attached hydrogen (secondary N) is 1. The predicted molar refractivity (Wildman–Crippen MR) is 100.0 cm³/mol. The molecule has 0 bridgehead atoms. The van der Waals surface area contributed by atoms with Crippen LogP contribution in [0, 0.1) is 0 Å². The summed E-state index contributed by atoms with van der Waals surface area (Å²) in [5.41, 5.74) is 2.09. The van der Waals surface area contributed by atoms with Crippen molar-refractivity contribution in [3.05, 3.63) is 78.4 Å². The van der Waals surface area contributed by atoms with E-state index < -0.39 is 0 Å². The molecule has 1 N–H and O–H groups in total. The SMILES string of the molecule is CCN(CC(=O)Nc1cccc2ccccc12)Cc1ccccc1. The third kappa shape index (κ3) is 4.00. The average molecular weight is 318 g/mol. The second-order valence-corrected chi connectivity index (χ2v) is 5.86. The molecule has 3 nitrogen and oxygen atoms in total. The predicted octanol–water partition coefficient (Wildman–Crippen LogP) is 4.30. The molecule has 3 aromatic rings. The average Bonchev–Trinajstić information content (AvgIpc) is 2.62.